The molecule has 1 atom stereocenters. The smallest absolute Gasteiger partial charge is 0.231 e. The van der Waals surface area contributed by atoms with Gasteiger partial charge in [0.25, 0.3) is 0 Å². The summed E-state index contributed by atoms with van der Waals surface area (Å²) in [7, 11) is 1.92. The number of fused-ring (bicyclic) bond motifs is 6. The van der Waals surface area contributed by atoms with Crippen LogP contribution in [0.25, 0.3) is 0 Å². The lowest BCUT2D eigenvalue weighted by molar-refractivity contribution is -0.140. The maximum Gasteiger partial charge on any atom is 0.231 e. The van der Waals surface area contributed by atoms with Gasteiger partial charge >= 0.3 is 0 Å². The Morgan fingerprint density at radius 1 is 1.00 bits per heavy atom. The number of ketones is 1. The summed E-state index contributed by atoms with van der Waals surface area (Å²) in [5.41, 5.74) is 2.07. The molecule has 0 saturated heterocycles. The molecule has 0 saturated carbocycles. The van der Waals surface area contributed by atoms with Gasteiger partial charge in [-0.05, 0) is 43.3 Å². The van der Waals surface area contributed by atoms with Gasteiger partial charge in [0.05, 0.1) is 6.61 Å². The molecule has 4 aliphatic heterocycles. The maximum atomic E-state index is 13.7. The van der Waals surface area contributed by atoms with E-state index in [0.717, 1.165) is 28.9 Å². The van der Waals surface area contributed by atoms with Gasteiger partial charge in [-0.2, -0.15) is 0 Å². The number of rotatable bonds is 0. The molecule has 0 bridgehead atoms. The van der Waals surface area contributed by atoms with Gasteiger partial charge in [-0.25, -0.2) is 0 Å². The molecular weight excluding hydrogens is 350 g/mol. The van der Waals surface area contributed by atoms with Crippen molar-refractivity contribution in [2.45, 2.75) is 18.8 Å². The first kappa shape index (κ1) is 15.3. The summed E-state index contributed by atoms with van der Waals surface area (Å²) in [4.78, 5) is 15.7. The quantitative estimate of drug-likeness (QED) is 0.707. The molecule has 0 radical (unpaired) electrons. The van der Waals surface area contributed by atoms with Gasteiger partial charge in [0.15, 0.2) is 23.0 Å². The molecule has 7 nitrogen and oxygen atoms in total. The van der Waals surface area contributed by atoms with Crippen molar-refractivity contribution in [3.63, 3.8) is 0 Å². The van der Waals surface area contributed by atoms with Crippen molar-refractivity contribution >= 4 is 5.78 Å². The van der Waals surface area contributed by atoms with E-state index in [1.165, 1.54) is 0 Å². The Morgan fingerprint density at radius 3 is 2.67 bits per heavy atom. The van der Waals surface area contributed by atoms with Crippen LogP contribution in [0.5, 0.6) is 23.0 Å². The number of carbonyl (C=O) groups excluding carboxylic acids is 1. The molecule has 0 aromatic heterocycles. The van der Waals surface area contributed by atoms with Crippen molar-refractivity contribution in [2.24, 2.45) is 0 Å². The third-order valence-electron chi connectivity index (χ3n) is 5.84. The number of Topliss-reactive ketones (excluding diaryl/α,β-unsaturated/α-hetero) is 1. The molecule has 0 amide bonds. The van der Waals surface area contributed by atoms with E-state index in [2.05, 4.69) is 0 Å². The summed E-state index contributed by atoms with van der Waals surface area (Å²) in [6, 6.07) is 7.47. The van der Waals surface area contributed by atoms with E-state index in [-0.39, 0.29) is 26.0 Å². The fourth-order valence-electron chi connectivity index (χ4n) is 4.45. The first-order chi connectivity index (χ1) is 13.2. The summed E-state index contributed by atoms with van der Waals surface area (Å²) < 4.78 is 28.4. The van der Waals surface area contributed by atoms with E-state index in [4.69, 9.17) is 23.7 Å². The Kier molecular flexibility index (Phi) is 2.92. The molecular formula is C20H17NO6. The number of likely N-dealkylation sites (N-methyl/N-ethyl adjacent to an activating group) is 1. The van der Waals surface area contributed by atoms with Crippen LogP contribution >= 0.6 is 0 Å². The summed E-state index contributed by atoms with van der Waals surface area (Å²) in [5.74, 6) is 2.54. The summed E-state index contributed by atoms with van der Waals surface area (Å²) in [6.07, 6.45) is 0.814. The molecule has 4 heterocycles. The van der Waals surface area contributed by atoms with E-state index < -0.39 is 5.72 Å². The largest absolute Gasteiger partial charge is 0.454 e. The van der Waals surface area contributed by atoms with Crippen LogP contribution in [-0.2, 0) is 23.5 Å². The highest BCUT2D eigenvalue weighted by Gasteiger charge is 2.53. The van der Waals surface area contributed by atoms with E-state index in [1.54, 1.807) is 6.07 Å². The van der Waals surface area contributed by atoms with Gasteiger partial charge in [-0.15, -0.1) is 0 Å². The monoisotopic (exact) mass is 367 g/mol. The molecule has 1 spiro atoms. The molecule has 138 valence electrons. The first-order valence-corrected chi connectivity index (χ1v) is 8.93. The van der Waals surface area contributed by atoms with E-state index in [9.17, 15) is 4.79 Å². The van der Waals surface area contributed by atoms with Gasteiger partial charge in [-0.1, -0.05) is 0 Å². The number of hydrogen-bond donors (Lipinski definition) is 0. The predicted molar refractivity (Wildman–Crippen MR) is 92.3 cm³/mol. The fraction of sp³-hybridized carbons (Fsp3) is 0.350. The number of ether oxygens (including phenoxy) is 5. The van der Waals surface area contributed by atoms with Gasteiger partial charge in [0.1, 0.15) is 0 Å². The zero-order valence-electron chi connectivity index (χ0n) is 14.7. The van der Waals surface area contributed by atoms with Crippen LogP contribution in [0.1, 0.15) is 27.0 Å². The number of benzene rings is 2. The standard InChI is InChI=1S/C20H17NO6/c1-21-5-4-11-6-16-17(25-9-24-16)7-14(11)20(21)19(22)12-2-3-15-18(26-10-23-15)13(12)8-27-20/h2-3,6-7H,4-5,8-10H2,1H3/t20-/m1/s1. The normalized spacial score (nSPS) is 24.9. The average molecular weight is 367 g/mol. The van der Waals surface area contributed by atoms with Gasteiger partial charge in [-0.3, -0.25) is 9.69 Å². The summed E-state index contributed by atoms with van der Waals surface area (Å²) in [6.45, 7) is 1.34. The minimum absolute atomic E-state index is 0.0932. The lowest BCUT2D eigenvalue weighted by Gasteiger charge is -2.46. The Labute approximate surface area is 155 Å². The Bertz CT molecular complexity index is 1000. The number of nitrogens with zero attached hydrogens (tertiary/aromatic N) is 1. The van der Waals surface area contributed by atoms with Crippen molar-refractivity contribution in [2.75, 3.05) is 27.2 Å². The van der Waals surface area contributed by atoms with E-state index in [0.29, 0.717) is 29.4 Å². The third kappa shape index (κ3) is 1.85. The Hall–Kier alpha value is -2.77. The molecule has 4 aliphatic rings. The minimum Gasteiger partial charge on any atom is -0.454 e. The number of hydrogen-bond acceptors (Lipinski definition) is 7. The highest BCUT2D eigenvalue weighted by Crippen LogP contribution is 2.49. The predicted octanol–water partition coefficient (Wildman–Crippen LogP) is 2.20. The lowest BCUT2D eigenvalue weighted by Crippen LogP contribution is -2.57. The van der Waals surface area contributed by atoms with Gasteiger partial charge in [0.2, 0.25) is 25.1 Å². The molecule has 6 rings (SSSR count). The zero-order valence-corrected chi connectivity index (χ0v) is 14.7. The zero-order chi connectivity index (χ0) is 18.2. The molecule has 7 heteroatoms. The molecule has 0 aliphatic carbocycles. The van der Waals surface area contributed by atoms with Crippen LogP contribution in [0.2, 0.25) is 0 Å². The van der Waals surface area contributed by atoms with Crippen LogP contribution in [0.15, 0.2) is 24.3 Å². The second-order valence-electron chi connectivity index (χ2n) is 7.12. The van der Waals surface area contributed by atoms with Crippen molar-refractivity contribution in [1.82, 2.24) is 4.90 Å². The van der Waals surface area contributed by atoms with Gasteiger partial charge < -0.3 is 23.7 Å². The number of carbonyl (C=O) groups is 1. The van der Waals surface area contributed by atoms with Crippen LogP contribution in [-0.4, -0.2) is 37.9 Å². The van der Waals surface area contributed by atoms with Crippen molar-refractivity contribution in [3.8, 4) is 23.0 Å². The van der Waals surface area contributed by atoms with E-state index >= 15 is 0 Å². The molecule has 0 N–H and O–H groups in total. The summed E-state index contributed by atoms with van der Waals surface area (Å²) >= 11 is 0. The van der Waals surface area contributed by atoms with Crippen LogP contribution in [0, 0.1) is 0 Å². The topological polar surface area (TPSA) is 66.5 Å². The van der Waals surface area contributed by atoms with Crippen molar-refractivity contribution in [3.05, 3.63) is 46.5 Å². The van der Waals surface area contributed by atoms with Crippen LogP contribution in [0.4, 0.5) is 0 Å². The lowest BCUT2D eigenvalue weighted by atomic mass is 9.81. The minimum atomic E-state index is -1.17. The van der Waals surface area contributed by atoms with Crippen molar-refractivity contribution in [1.29, 1.82) is 0 Å². The summed E-state index contributed by atoms with van der Waals surface area (Å²) in [5, 5.41) is 0. The van der Waals surface area contributed by atoms with Crippen LogP contribution < -0.4 is 18.9 Å². The Morgan fingerprint density at radius 2 is 1.78 bits per heavy atom. The highest BCUT2D eigenvalue weighted by molar-refractivity contribution is 6.05. The molecule has 0 unspecified atom stereocenters. The second-order valence-corrected chi connectivity index (χ2v) is 7.12. The maximum absolute atomic E-state index is 13.7. The van der Waals surface area contributed by atoms with Crippen LogP contribution in [0.3, 0.4) is 0 Å². The highest BCUT2D eigenvalue weighted by atomic mass is 16.7. The SMILES string of the molecule is CN1CCc2cc3c(cc2[C@]12OCc1c(ccc4c1OCO4)C2=O)OCO3. The molecule has 0 fully saturated rings. The molecule has 2 aromatic carbocycles. The van der Waals surface area contributed by atoms with E-state index in [1.807, 2.05) is 30.1 Å². The Balaban J connectivity index is 1.55. The van der Waals surface area contributed by atoms with Crippen molar-refractivity contribution < 1.29 is 28.5 Å². The van der Waals surface area contributed by atoms with Gasteiger partial charge in [0, 0.05) is 23.2 Å². The molecule has 27 heavy (non-hydrogen) atoms. The second kappa shape index (κ2) is 5.15. The fourth-order valence-corrected chi connectivity index (χ4v) is 4.45. The third-order valence-corrected chi connectivity index (χ3v) is 5.84. The first-order valence-electron chi connectivity index (χ1n) is 8.93. The average Bonchev–Trinajstić information content (AvgIpc) is 3.34. The molecule has 2 aromatic rings.